The van der Waals surface area contributed by atoms with E-state index in [1.54, 1.807) is 0 Å². The topological polar surface area (TPSA) is 80.7 Å². The number of ether oxygens (including phenoxy) is 1. The molecule has 0 aromatic carbocycles. The summed E-state index contributed by atoms with van der Waals surface area (Å²) in [6.45, 7) is 1.85. The third-order valence-corrected chi connectivity index (χ3v) is 2.71. The summed E-state index contributed by atoms with van der Waals surface area (Å²) in [6.07, 6.45) is -6.28. The van der Waals surface area contributed by atoms with Gasteiger partial charge in [0.05, 0.1) is 0 Å². The first-order chi connectivity index (χ1) is 8.06. The average molecular weight is 292 g/mol. The highest BCUT2D eigenvalue weighted by atomic mass is 32.2. The smallest absolute Gasteiger partial charge is 0.426 e. The molecule has 0 aliphatic carbocycles. The summed E-state index contributed by atoms with van der Waals surface area (Å²) < 4.78 is 70.2. The summed E-state index contributed by atoms with van der Waals surface area (Å²) in [5, 5.41) is 0. The predicted octanol–water partition coefficient (Wildman–Crippen LogP) is 1.93. The Morgan fingerprint density at radius 3 is 2.28 bits per heavy atom. The molecular weight excluding hydrogens is 277 g/mol. The predicted molar refractivity (Wildman–Crippen MR) is 56.5 cm³/mol. The molecule has 0 aliphatic heterocycles. The number of rotatable bonds is 7. The van der Waals surface area contributed by atoms with E-state index in [1.807, 2.05) is 6.92 Å². The van der Waals surface area contributed by atoms with Crippen LogP contribution in [0.2, 0.25) is 0 Å². The van der Waals surface area contributed by atoms with Gasteiger partial charge >= 0.3 is 12.1 Å². The summed E-state index contributed by atoms with van der Waals surface area (Å²) in [5.41, 5.74) is 0. The van der Waals surface area contributed by atoms with Gasteiger partial charge in [-0.1, -0.05) is 19.8 Å². The fourth-order valence-corrected chi connectivity index (χ4v) is 1.76. The molecule has 0 saturated carbocycles. The Kier molecular flexibility index (Phi) is 6.61. The highest BCUT2D eigenvalue weighted by Crippen LogP contribution is 2.24. The zero-order valence-electron chi connectivity index (χ0n) is 9.74. The number of carbonyl (C=O) groups is 1. The molecule has 0 radical (unpaired) electrons. The highest BCUT2D eigenvalue weighted by molar-refractivity contribution is 7.85. The minimum Gasteiger partial charge on any atom is -0.451 e. The first kappa shape index (κ1) is 17.2. The van der Waals surface area contributed by atoms with E-state index in [1.165, 1.54) is 0 Å². The summed E-state index contributed by atoms with van der Waals surface area (Å²) in [4.78, 5) is 11.1. The van der Waals surface area contributed by atoms with Gasteiger partial charge < -0.3 is 4.74 Å². The zero-order chi connectivity index (χ0) is 14.4. The van der Waals surface area contributed by atoms with Crippen molar-refractivity contribution in [1.82, 2.24) is 0 Å². The molecule has 18 heavy (non-hydrogen) atoms. The van der Waals surface area contributed by atoms with Crippen LogP contribution >= 0.6 is 0 Å². The number of hydrogen-bond donors (Lipinski definition) is 1. The molecule has 0 aliphatic rings. The van der Waals surface area contributed by atoms with E-state index in [0.717, 1.165) is 6.42 Å². The number of carbonyl (C=O) groups excluding carboxylic acids is 1. The second-order valence-corrected chi connectivity index (χ2v) is 5.22. The number of unbranched alkanes of at least 4 members (excludes halogenated alkanes) is 2. The minimum atomic E-state index is -5.03. The lowest BCUT2D eigenvalue weighted by Gasteiger charge is -2.19. The normalized spacial score (nSPS) is 14.3. The molecule has 0 aromatic heterocycles. The van der Waals surface area contributed by atoms with Crippen LogP contribution in [0.4, 0.5) is 13.2 Å². The molecule has 1 unspecified atom stereocenters. The summed E-state index contributed by atoms with van der Waals surface area (Å²) in [6, 6.07) is 0. The number of hydrogen-bond acceptors (Lipinski definition) is 4. The van der Waals surface area contributed by atoms with Gasteiger partial charge in [0, 0.05) is 6.42 Å². The van der Waals surface area contributed by atoms with Crippen molar-refractivity contribution in [3.63, 3.8) is 0 Å². The van der Waals surface area contributed by atoms with Gasteiger partial charge in [-0.2, -0.15) is 21.6 Å². The average Bonchev–Trinajstić information content (AvgIpc) is 2.13. The van der Waals surface area contributed by atoms with Gasteiger partial charge in [-0.3, -0.25) is 9.35 Å². The van der Waals surface area contributed by atoms with Crippen molar-refractivity contribution in [3.8, 4) is 0 Å². The third-order valence-electron chi connectivity index (χ3n) is 1.99. The van der Waals surface area contributed by atoms with Crippen molar-refractivity contribution >= 4 is 16.1 Å². The molecule has 0 bridgehead atoms. The van der Waals surface area contributed by atoms with E-state index >= 15 is 0 Å². The summed E-state index contributed by atoms with van der Waals surface area (Å²) in [7, 11) is -4.87. The van der Waals surface area contributed by atoms with E-state index in [9.17, 15) is 26.4 Å². The van der Waals surface area contributed by atoms with Crippen LogP contribution in [0, 0.1) is 0 Å². The minimum absolute atomic E-state index is 0.216. The Morgan fingerprint density at radius 1 is 1.33 bits per heavy atom. The van der Waals surface area contributed by atoms with Gasteiger partial charge in [0.15, 0.2) is 0 Å². The monoisotopic (exact) mass is 292 g/mol. The molecular formula is C9H15F3O5S. The SMILES string of the molecule is CCCCCC(=O)OC(CS(=O)(=O)O)C(F)(F)F. The van der Waals surface area contributed by atoms with E-state index in [4.69, 9.17) is 4.55 Å². The first-order valence-electron chi connectivity index (χ1n) is 5.27. The number of esters is 1. The van der Waals surface area contributed by atoms with Crippen molar-refractivity contribution in [2.45, 2.75) is 44.9 Å². The Labute approximate surface area is 103 Å². The number of alkyl halides is 3. The standard InChI is InChI=1S/C9H15F3O5S/c1-2-3-4-5-8(13)17-7(9(10,11)12)6-18(14,15)16/h7H,2-6H2,1H3,(H,14,15,16). The van der Waals surface area contributed by atoms with Crippen molar-refractivity contribution in [2.24, 2.45) is 0 Å². The maximum absolute atomic E-state index is 12.3. The van der Waals surface area contributed by atoms with Gasteiger partial charge in [0.1, 0.15) is 5.75 Å². The van der Waals surface area contributed by atoms with Crippen molar-refractivity contribution in [3.05, 3.63) is 0 Å². The molecule has 0 fully saturated rings. The van der Waals surface area contributed by atoms with Gasteiger partial charge in [0.2, 0.25) is 6.10 Å². The molecule has 0 spiro atoms. The lowest BCUT2D eigenvalue weighted by atomic mass is 10.2. The summed E-state index contributed by atoms with van der Waals surface area (Å²) >= 11 is 0. The van der Waals surface area contributed by atoms with Crippen LogP contribution in [0.1, 0.15) is 32.6 Å². The van der Waals surface area contributed by atoms with Crippen LogP contribution < -0.4 is 0 Å². The fraction of sp³-hybridized carbons (Fsp3) is 0.889. The van der Waals surface area contributed by atoms with Gasteiger partial charge in [-0.15, -0.1) is 0 Å². The van der Waals surface area contributed by atoms with Crippen molar-refractivity contribution in [1.29, 1.82) is 0 Å². The van der Waals surface area contributed by atoms with Crippen LogP contribution in [0.3, 0.4) is 0 Å². The van der Waals surface area contributed by atoms with Crippen LogP contribution in [0.25, 0.3) is 0 Å². The fourth-order valence-electron chi connectivity index (χ4n) is 1.12. The molecule has 0 rings (SSSR count). The molecule has 0 heterocycles. The molecule has 108 valence electrons. The molecule has 0 amide bonds. The van der Waals surface area contributed by atoms with E-state index in [0.29, 0.717) is 12.8 Å². The molecule has 1 atom stereocenters. The van der Waals surface area contributed by atoms with Gasteiger partial charge in [0.25, 0.3) is 10.1 Å². The van der Waals surface area contributed by atoms with Crippen LogP contribution in [-0.2, 0) is 19.6 Å². The molecule has 9 heteroatoms. The number of halogens is 3. The lowest BCUT2D eigenvalue weighted by Crippen LogP contribution is -2.39. The Morgan fingerprint density at radius 2 is 1.89 bits per heavy atom. The van der Waals surface area contributed by atoms with Crippen LogP contribution in [0.5, 0.6) is 0 Å². The second kappa shape index (κ2) is 6.93. The third kappa shape index (κ3) is 8.29. The maximum Gasteiger partial charge on any atom is 0.426 e. The zero-order valence-corrected chi connectivity index (χ0v) is 10.6. The summed E-state index contributed by atoms with van der Waals surface area (Å²) in [5.74, 6) is -2.81. The second-order valence-electron chi connectivity index (χ2n) is 3.73. The molecule has 1 N–H and O–H groups in total. The Bertz CT molecular complexity index is 363. The van der Waals surface area contributed by atoms with Gasteiger partial charge in [-0.05, 0) is 6.42 Å². The molecule has 5 nitrogen and oxygen atoms in total. The lowest BCUT2D eigenvalue weighted by molar-refractivity contribution is -0.215. The highest BCUT2D eigenvalue weighted by Gasteiger charge is 2.45. The largest absolute Gasteiger partial charge is 0.451 e. The van der Waals surface area contributed by atoms with Crippen molar-refractivity contribution in [2.75, 3.05) is 5.75 Å². The Balaban J connectivity index is 4.47. The van der Waals surface area contributed by atoms with Crippen molar-refractivity contribution < 1.29 is 35.7 Å². The van der Waals surface area contributed by atoms with Crippen LogP contribution in [-0.4, -0.2) is 37.0 Å². The quantitative estimate of drug-likeness (QED) is 0.440. The first-order valence-corrected chi connectivity index (χ1v) is 6.88. The van der Waals surface area contributed by atoms with Gasteiger partial charge in [-0.25, -0.2) is 0 Å². The van der Waals surface area contributed by atoms with Crippen LogP contribution in [0.15, 0.2) is 0 Å². The molecule has 0 saturated heterocycles. The van der Waals surface area contributed by atoms with E-state index in [-0.39, 0.29) is 6.42 Å². The van der Waals surface area contributed by atoms with E-state index < -0.39 is 34.1 Å². The van der Waals surface area contributed by atoms with E-state index in [2.05, 4.69) is 4.74 Å². The Hall–Kier alpha value is -0.830. The maximum atomic E-state index is 12.3. The molecule has 0 aromatic rings.